The molecule has 0 bridgehead atoms. The molecule has 1 heterocycles. The summed E-state index contributed by atoms with van der Waals surface area (Å²) >= 11 is 0. The SMILES string of the molecule is CCCNC(C)c1ccccc1Oc1c(C)nn(C)c1C. The molecule has 0 spiro atoms. The highest BCUT2D eigenvalue weighted by atomic mass is 16.5. The third-order valence-corrected chi connectivity index (χ3v) is 3.74. The molecule has 0 aliphatic rings. The van der Waals surface area contributed by atoms with Crippen LogP contribution >= 0.6 is 0 Å². The quantitative estimate of drug-likeness (QED) is 0.876. The van der Waals surface area contributed by atoms with Gasteiger partial charge in [-0.15, -0.1) is 0 Å². The molecule has 1 unspecified atom stereocenters. The van der Waals surface area contributed by atoms with Gasteiger partial charge in [0.1, 0.15) is 11.4 Å². The summed E-state index contributed by atoms with van der Waals surface area (Å²) in [5, 5.41) is 7.92. The minimum absolute atomic E-state index is 0.262. The molecular weight excluding hydrogens is 262 g/mol. The van der Waals surface area contributed by atoms with Crippen LogP contribution in [-0.4, -0.2) is 16.3 Å². The number of nitrogens with one attached hydrogen (secondary N) is 1. The van der Waals surface area contributed by atoms with Gasteiger partial charge in [0.25, 0.3) is 0 Å². The predicted molar refractivity (Wildman–Crippen MR) is 85.9 cm³/mol. The Balaban J connectivity index is 2.28. The molecule has 0 radical (unpaired) electrons. The van der Waals surface area contributed by atoms with Crippen LogP contribution in [0.1, 0.15) is 43.3 Å². The first-order valence-corrected chi connectivity index (χ1v) is 7.55. The van der Waals surface area contributed by atoms with E-state index in [9.17, 15) is 0 Å². The highest BCUT2D eigenvalue weighted by molar-refractivity contribution is 5.42. The molecule has 1 aromatic carbocycles. The van der Waals surface area contributed by atoms with Gasteiger partial charge in [-0.2, -0.15) is 5.10 Å². The van der Waals surface area contributed by atoms with Crippen molar-refractivity contribution in [2.24, 2.45) is 7.05 Å². The summed E-state index contributed by atoms with van der Waals surface area (Å²) in [6.07, 6.45) is 1.12. The van der Waals surface area contributed by atoms with Crippen LogP contribution < -0.4 is 10.1 Å². The third-order valence-electron chi connectivity index (χ3n) is 3.74. The Morgan fingerprint density at radius 1 is 1.29 bits per heavy atom. The summed E-state index contributed by atoms with van der Waals surface area (Å²) in [7, 11) is 1.94. The first-order chi connectivity index (χ1) is 10.0. The van der Waals surface area contributed by atoms with Crippen molar-refractivity contribution in [3.05, 3.63) is 41.2 Å². The fourth-order valence-corrected chi connectivity index (χ4v) is 2.41. The Hall–Kier alpha value is -1.81. The van der Waals surface area contributed by atoms with Crippen LogP contribution in [0.3, 0.4) is 0 Å². The van der Waals surface area contributed by atoms with Gasteiger partial charge in [-0.05, 0) is 39.8 Å². The van der Waals surface area contributed by atoms with E-state index in [1.807, 2.05) is 37.7 Å². The van der Waals surface area contributed by atoms with Crippen molar-refractivity contribution >= 4 is 0 Å². The Bertz CT molecular complexity index is 604. The average Bonchev–Trinajstić information content (AvgIpc) is 2.72. The zero-order valence-electron chi connectivity index (χ0n) is 13.6. The van der Waals surface area contributed by atoms with Gasteiger partial charge in [0.15, 0.2) is 5.75 Å². The second-order valence-corrected chi connectivity index (χ2v) is 5.44. The first kappa shape index (κ1) is 15.6. The lowest BCUT2D eigenvalue weighted by atomic mass is 10.1. The number of benzene rings is 1. The minimum atomic E-state index is 0.262. The van der Waals surface area contributed by atoms with E-state index >= 15 is 0 Å². The Kier molecular flexibility index (Phi) is 5.02. The molecule has 2 rings (SSSR count). The van der Waals surface area contributed by atoms with E-state index in [1.165, 1.54) is 5.56 Å². The van der Waals surface area contributed by atoms with Gasteiger partial charge >= 0.3 is 0 Å². The maximum absolute atomic E-state index is 6.17. The van der Waals surface area contributed by atoms with Gasteiger partial charge in [0.2, 0.25) is 0 Å². The summed E-state index contributed by atoms with van der Waals surface area (Å²) in [5.74, 6) is 1.75. The van der Waals surface area contributed by atoms with E-state index in [4.69, 9.17) is 4.74 Å². The lowest BCUT2D eigenvalue weighted by Gasteiger charge is -2.18. The lowest BCUT2D eigenvalue weighted by Crippen LogP contribution is -2.19. The number of aryl methyl sites for hydroxylation is 2. The van der Waals surface area contributed by atoms with Crippen LogP contribution in [-0.2, 0) is 7.05 Å². The monoisotopic (exact) mass is 287 g/mol. The second kappa shape index (κ2) is 6.76. The zero-order valence-corrected chi connectivity index (χ0v) is 13.6. The van der Waals surface area contributed by atoms with Crippen molar-refractivity contribution in [2.75, 3.05) is 6.54 Å². The van der Waals surface area contributed by atoms with Crippen molar-refractivity contribution in [3.63, 3.8) is 0 Å². The molecule has 114 valence electrons. The maximum atomic E-state index is 6.17. The molecule has 1 atom stereocenters. The van der Waals surface area contributed by atoms with Gasteiger partial charge in [-0.3, -0.25) is 4.68 Å². The molecule has 2 aromatic rings. The first-order valence-electron chi connectivity index (χ1n) is 7.55. The number of para-hydroxylation sites is 1. The molecule has 21 heavy (non-hydrogen) atoms. The molecule has 1 aromatic heterocycles. The molecule has 1 N–H and O–H groups in total. The van der Waals surface area contributed by atoms with Crippen LogP contribution in [0.5, 0.6) is 11.5 Å². The smallest absolute Gasteiger partial charge is 0.171 e. The Morgan fingerprint density at radius 3 is 2.62 bits per heavy atom. The van der Waals surface area contributed by atoms with Crippen LogP contribution in [0.15, 0.2) is 24.3 Å². The number of rotatable bonds is 6. The molecule has 0 saturated carbocycles. The highest BCUT2D eigenvalue weighted by Crippen LogP contribution is 2.32. The van der Waals surface area contributed by atoms with E-state index in [2.05, 4.69) is 36.4 Å². The largest absolute Gasteiger partial charge is 0.453 e. The van der Waals surface area contributed by atoms with Gasteiger partial charge in [-0.1, -0.05) is 25.1 Å². The van der Waals surface area contributed by atoms with Gasteiger partial charge in [0.05, 0.1) is 5.69 Å². The van der Waals surface area contributed by atoms with Crippen molar-refractivity contribution in [3.8, 4) is 11.5 Å². The fourth-order valence-electron chi connectivity index (χ4n) is 2.41. The van der Waals surface area contributed by atoms with Crippen LogP contribution in [0.25, 0.3) is 0 Å². The topological polar surface area (TPSA) is 39.1 Å². The van der Waals surface area contributed by atoms with E-state index in [-0.39, 0.29) is 6.04 Å². The normalized spacial score (nSPS) is 12.4. The molecule has 0 saturated heterocycles. The standard InChI is InChI=1S/C17H25N3O/c1-6-11-18-12(2)15-9-7-8-10-16(15)21-17-13(3)19-20(5)14(17)4/h7-10,12,18H,6,11H2,1-5H3. The number of hydrogen-bond acceptors (Lipinski definition) is 3. The Morgan fingerprint density at radius 2 is 2.00 bits per heavy atom. The van der Waals surface area contributed by atoms with Gasteiger partial charge < -0.3 is 10.1 Å². The lowest BCUT2D eigenvalue weighted by molar-refractivity contribution is 0.454. The van der Waals surface area contributed by atoms with E-state index in [0.29, 0.717) is 0 Å². The van der Waals surface area contributed by atoms with Gasteiger partial charge in [0, 0.05) is 18.7 Å². The van der Waals surface area contributed by atoms with Crippen LogP contribution in [0.2, 0.25) is 0 Å². The van der Waals surface area contributed by atoms with E-state index in [1.54, 1.807) is 0 Å². The predicted octanol–water partition coefficient (Wildman–Crippen LogP) is 3.89. The molecular formula is C17H25N3O. The average molecular weight is 287 g/mol. The number of ether oxygens (including phenoxy) is 1. The van der Waals surface area contributed by atoms with Gasteiger partial charge in [-0.25, -0.2) is 0 Å². The molecule has 4 heteroatoms. The second-order valence-electron chi connectivity index (χ2n) is 5.44. The highest BCUT2D eigenvalue weighted by Gasteiger charge is 2.16. The van der Waals surface area contributed by atoms with E-state index in [0.717, 1.165) is 35.9 Å². The summed E-state index contributed by atoms with van der Waals surface area (Å²) < 4.78 is 8.02. The summed E-state index contributed by atoms with van der Waals surface area (Å²) in [6.45, 7) is 9.34. The maximum Gasteiger partial charge on any atom is 0.171 e. The molecule has 4 nitrogen and oxygen atoms in total. The molecule has 0 fully saturated rings. The molecule has 0 amide bonds. The number of hydrogen-bond donors (Lipinski definition) is 1. The van der Waals surface area contributed by atoms with Crippen molar-refractivity contribution in [2.45, 2.75) is 40.2 Å². The summed E-state index contributed by atoms with van der Waals surface area (Å²) in [6, 6.07) is 8.45. The Labute approximate surface area is 127 Å². The summed E-state index contributed by atoms with van der Waals surface area (Å²) in [5.41, 5.74) is 3.13. The molecule has 0 aliphatic heterocycles. The summed E-state index contributed by atoms with van der Waals surface area (Å²) in [4.78, 5) is 0. The van der Waals surface area contributed by atoms with Crippen molar-refractivity contribution in [1.82, 2.24) is 15.1 Å². The fraction of sp³-hybridized carbons (Fsp3) is 0.471. The van der Waals surface area contributed by atoms with Crippen LogP contribution in [0, 0.1) is 13.8 Å². The minimum Gasteiger partial charge on any atom is -0.453 e. The molecule has 0 aliphatic carbocycles. The van der Waals surface area contributed by atoms with Crippen molar-refractivity contribution in [1.29, 1.82) is 0 Å². The number of aromatic nitrogens is 2. The van der Waals surface area contributed by atoms with Crippen molar-refractivity contribution < 1.29 is 4.74 Å². The third kappa shape index (κ3) is 3.45. The van der Waals surface area contributed by atoms with E-state index < -0.39 is 0 Å². The number of nitrogens with zero attached hydrogens (tertiary/aromatic N) is 2. The zero-order chi connectivity index (χ0) is 15.4. The van der Waals surface area contributed by atoms with Crippen LogP contribution in [0.4, 0.5) is 0 Å².